The predicted molar refractivity (Wildman–Crippen MR) is 58.6 cm³/mol. The fourth-order valence-corrected chi connectivity index (χ4v) is 1.49. The van der Waals surface area contributed by atoms with Crippen LogP contribution in [0.4, 0.5) is 0 Å². The first kappa shape index (κ1) is 12.5. The molecular formula is C12H16O4. The van der Waals surface area contributed by atoms with Gasteiger partial charge in [0.2, 0.25) is 0 Å². The van der Waals surface area contributed by atoms with Crippen LogP contribution in [0.1, 0.15) is 26.7 Å². The van der Waals surface area contributed by atoms with Gasteiger partial charge in [-0.25, -0.2) is 0 Å². The van der Waals surface area contributed by atoms with E-state index in [2.05, 4.69) is 0 Å². The molecule has 0 fully saturated rings. The van der Waals surface area contributed by atoms with Gasteiger partial charge in [-0.05, 0) is 12.2 Å². The molecule has 1 aliphatic carbocycles. The zero-order chi connectivity index (χ0) is 12.0. The van der Waals surface area contributed by atoms with Crippen LogP contribution in [0, 0.1) is 0 Å². The molecule has 4 heteroatoms. The van der Waals surface area contributed by atoms with Gasteiger partial charge in [-0.2, -0.15) is 0 Å². The van der Waals surface area contributed by atoms with Crippen LogP contribution >= 0.6 is 0 Å². The van der Waals surface area contributed by atoms with Gasteiger partial charge in [-0.3, -0.25) is 9.59 Å². The van der Waals surface area contributed by atoms with Gasteiger partial charge < -0.3 is 9.47 Å². The van der Waals surface area contributed by atoms with Crippen LogP contribution in [0.25, 0.3) is 0 Å². The normalized spacial score (nSPS) is 24.4. The van der Waals surface area contributed by atoms with Crippen LogP contribution in [0.15, 0.2) is 24.3 Å². The van der Waals surface area contributed by atoms with Gasteiger partial charge in [0.25, 0.3) is 0 Å². The molecule has 88 valence electrons. The zero-order valence-corrected chi connectivity index (χ0v) is 9.51. The van der Waals surface area contributed by atoms with Crippen molar-refractivity contribution in [3.8, 4) is 0 Å². The third kappa shape index (κ3) is 4.77. The topological polar surface area (TPSA) is 52.6 Å². The van der Waals surface area contributed by atoms with E-state index in [0.717, 1.165) is 0 Å². The highest BCUT2D eigenvalue weighted by Gasteiger charge is 2.12. The molecule has 2 atom stereocenters. The molecule has 0 N–H and O–H groups in total. The smallest absolute Gasteiger partial charge is 0.303 e. The Kier molecular flexibility index (Phi) is 4.76. The van der Waals surface area contributed by atoms with Crippen molar-refractivity contribution in [3.05, 3.63) is 24.3 Å². The number of carbonyl (C=O) groups is 2. The Morgan fingerprint density at radius 1 is 0.938 bits per heavy atom. The zero-order valence-electron chi connectivity index (χ0n) is 9.51. The van der Waals surface area contributed by atoms with Crippen molar-refractivity contribution in [2.45, 2.75) is 38.9 Å². The van der Waals surface area contributed by atoms with Crippen molar-refractivity contribution in [1.29, 1.82) is 0 Å². The maximum atomic E-state index is 10.8. The Hall–Kier alpha value is -1.58. The van der Waals surface area contributed by atoms with Crippen LogP contribution in [0.5, 0.6) is 0 Å². The van der Waals surface area contributed by atoms with Crippen LogP contribution in [-0.2, 0) is 19.1 Å². The van der Waals surface area contributed by atoms with E-state index in [-0.39, 0.29) is 24.1 Å². The molecule has 0 saturated carbocycles. The summed E-state index contributed by atoms with van der Waals surface area (Å²) in [7, 11) is 0. The minimum absolute atomic E-state index is 0.216. The van der Waals surface area contributed by atoms with E-state index in [0.29, 0.717) is 12.8 Å². The number of hydrogen-bond acceptors (Lipinski definition) is 4. The average molecular weight is 224 g/mol. The van der Waals surface area contributed by atoms with E-state index >= 15 is 0 Å². The van der Waals surface area contributed by atoms with Gasteiger partial charge in [0.15, 0.2) is 0 Å². The summed E-state index contributed by atoms with van der Waals surface area (Å²) < 4.78 is 10.1. The summed E-state index contributed by atoms with van der Waals surface area (Å²) in [5, 5.41) is 0. The van der Waals surface area contributed by atoms with Crippen LogP contribution in [0.2, 0.25) is 0 Å². The molecule has 0 aromatic carbocycles. The Morgan fingerprint density at radius 3 is 1.62 bits per heavy atom. The minimum atomic E-state index is -0.292. The van der Waals surface area contributed by atoms with Crippen LogP contribution < -0.4 is 0 Å². The molecule has 0 radical (unpaired) electrons. The quantitative estimate of drug-likeness (QED) is 0.529. The van der Waals surface area contributed by atoms with Gasteiger partial charge in [-0.15, -0.1) is 0 Å². The van der Waals surface area contributed by atoms with Crippen molar-refractivity contribution in [2.75, 3.05) is 0 Å². The molecule has 0 heterocycles. The molecule has 16 heavy (non-hydrogen) atoms. The molecule has 1 aliphatic rings. The monoisotopic (exact) mass is 224 g/mol. The van der Waals surface area contributed by atoms with Crippen LogP contribution in [-0.4, -0.2) is 24.1 Å². The van der Waals surface area contributed by atoms with Gasteiger partial charge in [0, 0.05) is 26.7 Å². The predicted octanol–water partition coefficient (Wildman–Crippen LogP) is 1.76. The van der Waals surface area contributed by atoms with E-state index in [1.165, 1.54) is 13.8 Å². The van der Waals surface area contributed by atoms with Gasteiger partial charge in [0.05, 0.1) is 0 Å². The lowest BCUT2D eigenvalue weighted by Gasteiger charge is -2.16. The molecule has 1 rings (SSSR count). The fourth-order valence-electron chi connectivity index (χ4n) is 1.49. The summed E-state index contributed by atoms with van der Waals surface area (Å²) in [6, 6.07) is 0. The Balaban J connectivity index is 2.50. The summed E-state index contributed by atoms with van der Waals surface area (Å²) in [5.74, 6) is -0.583. The van der Waals surface area contributed by atoms with E-state index in [9.17, 15) is 9.59 Å². The van der Waals surface area contributed by atoms with Crippen molar-refractivity contribution < 1.29 is 19.1 Å². The first-order valence-corrected chi connectivity index (χ1v) is 5.25. The first-order valence-electron chi connectivity index (χ1n) is 5.25. The third-order valence-corrected chi connectivity index (χ3v) is 2.07. The number of carbonyl (C=O) groups excluding carboxylic acids is 2. The van der Waals surface area contributed by atoms with Crippen molar-refractivity contribution >= 4 is 11.9 Å². The maximum absolute atomic E-state index is 10.8. The molecule has 0 bridgehead atoms. The number of hydrogen-bond donors (Lipinski definition) is 0. The Morgan fingerprint density at radius 2 is 1.31 bits per heavy atom. The summed E-state index contributed by atoms with van der Waals surface area (Å²) in [5.41, 5.74) is 0. The van der Waals surface area contributed by atoms with Gasteiger partial charge in [0.1, 0.15) is 12.2 Å². The van der Waals surface area contributed by atoms with E-state index in [4.69, 9.17) is 9.47 Å². The largest absolute Gasteiger partial charge is 0.458 e. The van der Waals surface area contributed by atoms with E-state index < -0.39 is 0 Å². The molecular weight excluding hydrogens is 208 g/mol. The lowest BCUT2D eigenvalue weighted by Crippen LogP contribution is -2.17. The Bertz CT molecular complexity index is 285. The molecule has 0 aliphatic heterocycles. The fraction of sp³-hybridized carbons (Fsp3) is 0.500. The summed E-state index contributed by atoms with van der Waals surface area (Å²) in [6.07, 6.45) is 8.15. The average Bonchev–Trinajstić information content (AvgIpc) is 2.11. The molecule has 0 amide bonds. The number of ether oxygens (including phenoxy) is 2. The second-order valence-electron chi connectivity index (χ2n) is 3.62. The molecule has 4 nitrogen and oxygen atoms in total. The second-order valence-corrected chi connectivity index (χ2v) is 3.62. The number of rotatable bonds is 2. The lowest BCUT2D eigenvalue weighted by atomic mass is 10.1. The Labute approximate surface area is 94.9 Å². The highest BCUT2D eigenvalue weighted by molar-refractivity contribution is 5.66. The molecule has 0 aromatic heterocycles. The van der Waals surface area contributed by atoms with Gasteiger partial charge in [-0.1, -0.05) is 12.2 Å². The SMILES string of the molecule is CC(=O)OC1C=CCC(OC(C)=O)C=CC1. The standard InChI is InChI=1S/C12H16O4/c1-9(13)15-11-5-3-7-12(8-4-6-11)16-10(2)14/h3-5,8,11-12H,6-7H2,1-2H3. The lowest BCUT2D eigenvalue weighted by molar-refractivity contribution is -0.144. The maximum Gasteiger partial charge on any atom is 0.303 e. The third-order valence-electron chi connectivity index (χ3n) is 2.07. The van der Waals surface area contributed by atoms with Crippen molar-refractivity contribution in [1.82, 2.24) is 0 Å². The molecule has 0 spiro atoms. The summed E-state index contributed by atoms with van der Waals surface area (Å²) >= 11 is 0. The molecule has 2 unspecified atom stereocenters. The van der Waals surface area contributed by atoms with Gasteiger partial charge >= 0.3 is 11.9 Å². The van der Waals surface area contributed by atoms with Crippen LogP contribution in [0.3, 0.4) is 0 Å². The van der Waals surface area contributed by atoms with Crippen molar-refractivity contribution in [3.63, 3.8) is 0 Å². The second kappa shape index (κ2) is 6.10. The minimum Gasteiger partial charge on any atom is -0.458 e. The van der Waals surface area contributed by atoms with Crippen molar-refractivity contribution in [2.24, 2.45) is 0 Å². The molecule has 0 aromatic rings. The van der Waals surface area contributed by atoms with E-state index in [1.807, 2.05) is 24.3 Å². The highest BCUT2D eigenvalue weighted by atomic mass is 16.5. The summed E-state index contributed by atoms with van der Waals surface area (Å²) in [4.78, 5) is 21.5. The number of esters is 2. The van der Waals surface area contributed by atoms with E-state index in [1.54, 1.807) is 0 Å². The summed E-state index contributed by atoms with van der Waals surface area (Å²) in [6.45, 7) is 2.77. The molecule has 0 saturated heterocycles. The highest BCUT2D eigenvalue weighted by Crippen LogP contribution is 2.11. The first-order chi connectivity index (χ1) is 7.58.